The predicted molar refractivity (Wildman–Crippen MR) is 103 cm³/mol. The highest BCUT2D eigenvalue weighted by Crippen LogP contribution is 2.31. The molecule has 0 spiro atoms. The minimum atomic E-state index is -3.55. The number of fused-ring (bicyclic) bond motifs is 3. The lowest BCUT2D eigenvalue weighted by atomic mass is 10.2. The summed E-state index contributed by atoms with van der Waals surface area (Å²) in [5.74, 6) is -0.550. The highest BCUT2D eigenvalue weighted by molar-refractivity contribution is 9.09. The number of carbonyl (C=O) groups excluding carboxylic acids is 1. The van der Waals surface area contributed by atoms with Crippen molar-refractivity contribution in [3.63, 3.8) is 0 Å². The third kappa shape index (κ3) is 3.80. The number of nitrogens with zero attached hydrogens (tertiary/aromatic N) is 2. The van der Waals surface area contributed by atoms with Gasteiger partial charge >= 0.3 is 0 Å². The Morgan fingerprint density at radius 1 is 0.960 bits per heavy atom. The van der Waals surface area contributed by atoms with Gasteiger partial charge in [-0.3, -0.25) is 13.8 Å². The first-order chi connectivity index (χ1) is 11.9. The molecule has 1 aromatic rings. The van der Waals surface area contributed by atoms with Gasteiger partial charge in [0.05, 0.1) is 29.3 Å². The lowest BCUT2D eigenvalue weighted by Crippen LogP contribution is -2.48. The number of hydrogen-bond acceptors (Lipinski definition) is 3. The molecule has 1 aromatic carbocycles. The molecule has 138 valence electrons. The summed E-state index contributed by atoms with van der Waals surface area (Å²) < 4.78 is 26.9. The normalized spacial score (nSPS) is 31.2. The summed E-state index contributed by atoms with van der Waals surface area (Å²) >= 11 is 7.16. The fraction of sp³-hybridized carbons (Fsp3) is 0.562. The van der Waals surface area contributed by atoms with Crippen LogP contribution in [0.5, 0.6) is 0 Å². The molecule has 2 bridgehead atoms. The zero-order valence-corrected chi connectivity index (χ0v) is 17.9. The number of halogens is 2. The SMILES string of the molecule is BrCC[N+]12CC[N+](CCBr)(CC1)C2.O=C1NS(=O)(=O)c2ccccc21. The monoisotopic (exact) mass is 495 g/mol. The van der Waals surface area contributed by atoms with Crippen molar-refractivity contribution in [2.24, 2.45) is 0 Å². The number of rotatable bonds is 4. The van der Waals surface area contributed by atoms with E-state index in [2.05, 4.69) is 31.9 Å². The largest absolute Gasteiger partial charge is 0.268 e. The Balaban J connectivity index is 0.000000146. The molecule has 0 unspecified atom stereocenters. The van der Waals surface area contributed by atoms with E-state index in [9.17, 15) is 13.2 Å². The molecule has 3 aliphatic heterocycles. The predicted octanol–water partition coefficient (Wildman–Crippen LogP) is 1.51. The Morgan fingerprint density at radius 2 is 1.48 bits per heavy atom. The summed E-state index contributed by atoms with van der Waals surface area (Å²) in [7, 11) is -3.55. The first-order valence-corrected chi connectivity index (χ1v) is 12.1. The van der Waals surface area contributed by atoms with E-state index in [-0.39, 0.29) is 10.5 Å². The van der Waals surface area contributed by atoms with Crippen LogP contribution in [0.4, 0.5) is 0 Å². The summed E-state index contributed by atoms with van der Waals surface area (Å²) in [6.45, 7) is 9.73. The third-order valence-electron chi connectivity index (χ3n) is 5.46. The Kier molecular flexibility index (Phi) is 5.60. The molecule has 9 heteroatoms. The Hall–Kier alpha value is -0.480. The summed E-state index contributed by atoms with van der Waals surface area (Å²) in [5.41, 5.74) is 0.220. The summed E-state index contributed by atoms with van der Waals surface area (Å²) in [5, 5.41) is 2.34. The lowest BCUT2D eigenvalue weighted by Gasteiger charge is -2.26. The number of piperazine rings is 1. The average Bonchev–Trinajstić information content (AvgIpc) is 3.18. The highest BCUT2D eigenvalue weighted by atomic mass is 79.9. The van der Waals surface area contributed by atoms with Crippen molar-refractivity contribution >= 4 is 47.8 Å². The van der Waals surface area contributed by atoms with Crippen LogP contribution in [0.3, 0.4) is 0 Å². The second kappa shape index (κ2) is 7.26. The first kappa shape index (κ1) is 19.3. The molecule has 1 amide bonds. The maximum atomic E-state index is 11.1. The van der Waals surface area contributed by atoms with E-state index in [1.807, 2.05) is 4.72 Å². The van der Waals surface area contributed by atoms with Crippen molar-refractivity contribution in [1.29, 1.82) is 0 Å². The lowest BCUT2D eigenvalue weighted by molar-refractivity contribution is -0.985. The van der Waals surface area contributed by atoms with E-state index in [1.54, 1.807) is 12.1 Å². The van der Waals surface area contributed by atoms with E-state index in [1.165, 1.54) is 77.7 Å². The number of quaternary nitrogens is 2. The second-order valence-corrected chi connectivity index (χ2v) is 10.2. The van der Waals surface area contributed by atoms with E-state index in [4.69, 9.17) is 0 Å². The van der Waals surface area contributed by atoms with Crippen molar-refractivity contribution < 1.29 is 22.2 Å². The van der Waals surface area contributed by atoms with E-state index in [0.29, 0.717) is 0 Å². The second-order valence-electron chi connectivity index (χ2n) is 6.98. The maximum absolute atomic E-state index is 11.1. The average molecular weight is 497 g/mol. The van der Waals surface area contributed by atoms with Gasteiger partial charge in [0.25, 0.3) is 15.9 Å². The third-order valence-corrected chi connectivity index (χ3v) is 7.56. The number of benzene rings is 1. The molecule has 2 saturated heterocycles. The Bertz CT molecular complexity index is 742. The first-order valence-electron chi connectivity index (χ1n) is 8.34. The number of hydrogen-bond donors (Lipinski definition) is 1. The number of alkyl halides is 2. The van der Waals surface area contributed by atoms with Gasteiger partial charge in [0.15, 0.2) is 0 Å². The number of sulfonamides is 1. The number of amides is 1. The van der Waals surface area contributed by atoms with Gasteiger partial charge in [-0.2, -0.15) is 0 Å². The molecule has 0 radical (unpaired) electrons. The molecule has 6 nitrogen and oxygen atoms in total. The van der Waals surface area contributed by atoms with Crippen LogP contribution in [-0.2, 0) is 10.0 Å². The molecule has 25 heavy (non-hydrogen) atoms. The molecular formula is C16H23Br2N3O3S+2. The van der Waals surface area contributed by atoms with Crippen molar-refractivity contribution in [2.45, 2.75) is 4.90 Å². The zero-order chi connectivity index (χ0) is 18.1. The van der Waals surface area contributed by atoms with Crippen LogP contribution < -0.4 is 4.72 Å². The molecule has 4 rings (SSSR count). The molecule has 0 atom stereocenters. The van der Waals surface area contributed by atoms with Crippen LogP contribution >= 0.6 is 31.9 Å². The van der Waals surface area contributed by atoms with Gasteiger partial charge in [-0.15, -0.1) is 0 Å². The molecular weight excluding hydrogens is 474 g/mol. The van der Waals surface area contributed by atoms with Crippen LogP contribution in [0.2, 0.25) is 0 Å². The molecule has 0 aromatic heterocycles. The van der Waals surface area contributed by atoms with Gasteiger partial charge in [-0.1, -0.05) is 44.0 Å². The van der Waals surface area contributed by atoms with Crippen molar-refractivity contribution in [2.75, 3.05) is 56.6 Å². The topological polar surface area (TPSA) is 63.2 Å². The molecule has 3 aliphatic rings. The summed E-state index contributed by atoms with van der Waals surface area (Å²) in [6.07, 6.45) is 0. The summed E-state index contributed by atoms with van der Waals surface area (Å²) in [6, 6.07) is 6.09. The summed E-state index contributed by atoms with van der Waals surface area (Å²) in [4.78, 5) is 11.1. The maximum Gasteiger partial charge on any atom is 0.266 e. The molecule has 0 aliphatic carbocycles. The minimum absolute atomic E-state index is 0.0648. The standard InChI is InChI=1S/C9H18Br2N2.C7H5NO3S/c10-1-3-12-5-7-13(9-12,4-2-11)8-6-12;9-7-5-3-1-2-4-6(5)12(10,11)8-7/h1-9H2;1-4H,(H,8,9)/q+2;. The van der Waals surface area contributed by atoms with Gasteiger partial charge < -0.3 is 0 Å². The van der Waals surface area contributed by atoms with Crippen LogP contribution in [0.15, 0.2) is 29.2 Å². The van der Waals surface area contributed by atoms with Gasteiger partial charge in [-0.05, 0) is 12.1 Å². The van der Waals surface area contributed by atoms with Gasteiger partial charge in [0, 0.05) is 0 Å². The van der Waals surface area contributed by atoms with Gasteiger partial charge in [0.1, 0.15) is 31.1 Å². The number of nitrogens with one attached hydrogen (secondary N) is 1. The number of carbonyl (C=O) groups is 1. The Morgan fingerprint density at radius 3 is 1.96 bits per heavy atom. The van der Waals surface area contributed by atoms with Crippen LogP contribution in [0, 0.1) is 0 Å². The van der Waals surface area contributed by atoms with E-state index in [0.717, 1.165) is 0 Å². The van der Waals surface area contributed by atoms with Gasteiger partial charge in [-0.25, -0.2) is 13.1 Å². The minimum Gasteiger partial charge on any atom is -0.268 e. The molecule has 3 heterocycles. The van der Waals surface area contributed by atoms with Crippen LogP contribution in [-0.4, -0.2) is 79.9 Å². The molecule has 0 saturated carbocycles. The van der Waals surface area contributed by atoms with Crippen molar-refractivity contribution in [3.05, 3.63) is 29.8 Å². The van der Waals surface area contributed by atoms with Crippen molar-refractivity contribution in [3.8, 4) is 0 Å². The molecule has 1 N–H and O–H groups in total. The van der Waals surface area contributed by atoms with E-state index >= 15 is 0 Å². The van der Waals surface area contributed by atoms with Crippen LogP contribution in [0.1, 0.15) is 10.4 Å². The molecule has 2 fully saturated rings. The zero-order valence-electron chi connectivity index (χ0n) is 14.0. The van der Waals surface area contributed by atoms with E-state index < -0.39 is 15.9 Å². The van der Waals surface area contributed by atoms with Crippen molar-refractivity contribution in [1.82, 2.24) is 4.72 Å². The quantitative estimate of drug-likeness (QED) is 0.507. The van der Waals surface area contributed by atoms with Gasteiger partial charge in [0.2, 0.25) is 6.67 Å². The van der Waals surface area contributed by atoms with Crippen LogP contribution in [0.25, 0.3) is 0 Å². The Labute approximate surface area is 165 Å². The fourth-order valence-electron chi connectivity index (χ4n) is 4.06. The smallest absolute Gasteiger partial charge is 0.266 e. The highest BCUT2D eigenvalue weighted by Gasteiger charge is 2.54. The fourth-order valence-corrected chi connectivity index (χ4v) is 6.74.